The van der Waals surface area contributed by atoms with Gasteiger partial charge in [-0.25, -0.2) is 4.98 Å². The third-order valence-corrected chi connectivity index (χ3v) is 5.27. The van der Waals surface area contributed by atoms with Gasteiger partial charge in [0.25, 0.3) is 5.91 Å². The van der Waals surface area contributed by atoms with E-state index in [2.05, 4.69) is 10.3 Å². The summed E-state index contributed by atoms with van der Waals surface area (Å²) in [6.45, 7) is 0.575. The molecule has 0 aliphatic carbocycles. The maximum atomic E-state index is 12.2. The zero-order valence-electron chi connectivity index (χ0n) is 13.3. The smallest absolute Gasteiger partial charge is 0.270 e. The number of thiazole rings is 1. The molecule has 3 aromatic rings. The molecule has 1 N–H and O–H groups in total. The van der Waals surface area contributed by atoms with Crippen LogP contribution < -0.4 is 5.32 Å². The predicted molar refractivity (Wildman–Crippen MR) is 104 cm³/mol. The highest BCUT2D eigenvalue weighted by Crippen LogP contribution is 2.27. The Bertz CT molecular complexity index is 845. The molecule has 0 spiro atoms. The topological polar surface area (TPSA) is 42.0 Å². The van der Waals surface area contributed by atoms with Crippen molar-refractivity contribution in [3.8, 4) is 0 Å². The van der Waals surface area contributed by atoms with Crippen LogP contribution in [0.15, 0.2) is 53.9 Å². The molecule has 0 aliphatic rings. The molecular weight excluding hydrogens is 375 g/mol. The van der Waals surface area contributed by atoms with Gasteiger partial charge in [-0.1, -0.05) is 59.6 Å². The van der Waals surface area contributed by atoms with Crippen molar-refractivity contribution >= 4 is 40.4 Å². The lowest BCUT2D eigenvalue weighted by atomic mass is 10.1. The number of nitrogens with one attached hydrogen (secondary N) is 1. The lowest BCUT2D eigenvalue weighted by Crippen LogP contribution is -2.26. The molecule has 1 heterocycles. The summed E-state index contributed by atoms with van der Waals surface area (Å²) in [5.74, 6) is -0.163. The van der Waals surface area contributed by atoms with Crippen LogP contribution in [0.25, 0.3) is 0 Å². The second-order valence-corrected chi connectivity index (χ2v) is 7.25. The Balaban J connectivity index is 1.58. The van der Waals surface area contributed by atoms with Crippen LogP contribution in [0.1, 0.15) is 26.6 Å². The molecule has 3 nitrogen and oxygen atoms in total. The van der Waals surface area contributed by atoms with Crippen molar-refractivity contribution in [3.05, 3.63) is 85.8 Å². The Hall–Kier alpha value is -1.88. The highest BCUT2D eigenvalue weighted by atomic mass is 35.5. The van der Waals surface area contributed by atoms with Gasteiger partial charge in [0.2, 0.25) is 0 Å². The average molecular weight is 391 g/mol. The van der Waals surface area contributed by atoms with Crippen LogP contribution in [0.5, 0.6) is 0 Å². The molecule has 1 aromatic heterocycles. The van der Waals surface area contributed by atoms with E-state index in [1.165, 1.54) is 16.9 Å². The molecule has 0 bridgehead atoms. The second kappa shape index (κ2) is 8.48. The van der Waals surface area contributed by atoms with E-state index in [-0.39, 0.29) is 5.91 Å². The molecule has 0 radical (unpaired) electrons. The van der Waals surface area contributed by atoms with E-state index in [1.807, 2.05) is 36.4 Å². The number of hydrogen-bond donors (Lipinski definition) is 1. The van der Waals surface area contributed by atoms with E-state index < -0.39 is 0 Å². The minimum Gasteiger partial charge on any atom is -0.350 e. The summed E-state index contributed by atoms with van der Waals surface area (Å²) < 4.78 is 0. The molecule has 25 heavy (non-hydrogen) atoms. The zero-order chi connectivity index (χ0) is 17.6. The quantitative estimate of drug-likeness (QED) is 0.642. The summed E-state index contributed by atoms with van der Waals surface area (Å²) in [7, 11) is 0. The number of nitrogens with zero attached hydrogens (tertiary/aromatic N) is 1. The minimum atomic E-state index is -0.163. The maximum absolute atomic E-state index is 12.2. The summed E-state index contributed by atoms with van der Waals surface area (Å²) >= 11 is 13.8. The standard InChI is InChI=1S/C19H16Cl2N2OS/c20-15-7-4-8-16(21)14(15)11-18-23-17(12-25-18)19(24)22-10-9-13-5-2-1-3-6-13/h1-8,12H,9-11H2,(H,22,24). The lowest BCUT2D eigenvalue weighted by Gasteiger charge is -2.04. The number of halogens is 2. The fraction of sp³-hybridized carbons (Fsp3) is 0.158. The molecule has 0 atom stereocenters. The van der Waals surface area contributed by atoms with Gasteiger partial charge in [-0.3, -0.25) is 4.79 Å². The fourth-order valence-corrected chi connectivity index (χ4v) is 3.72. The van der Waals surface area contributed by atoms with Gasteiger partial charge in [-0.15, -0.1) is 11.3 Å². The summed E-state index contributed by atoms with van der Waals surface area (Å²) in [6.07, 6.45) is 1.30. The highest BCUT2D eigenvalue weighted by Gasteiger charge is 2.13. The van der Waals surface area contributed by atoms with E-state index in [4.69, 9.17) is 23.2 Å². The number of rotatable bonds is 6. The van der Waals surface area contributed by atoms with Crippen molar-refractivity contribution in [2.45, 2.75) is 12.8 Å². The van der Waals surface area contributed by atoms with Crippen LogP contribution in [-0.2, 0) is 12.8 Å². The molecule has 0 unspecified atom stereocenters. The molecule has 1 amide bonds. The van der Waals surface area contributed by atoms with Crippen LogP contribution in [0.3, 0.4) is 0 Å². The zero-order valence-corrected chi connectivity index (χ0v) is 15.7. The third-order valence-electron chi connectivity index (χ3n) is 3.72. The number of benzene rings is 2. The van der Waals surface area contributed by atoms with Crippen molar-refractivity contribution in [2.24, 2.45) is 0 Å². The summed E-state index contributed by atoms with van der Waals surface area (Å²) in [5.41, 5.74) is 2.45. The first-order chi connectivity index (χ1) is 12.1. The van der Waals surface area contributed by atoms with Gasteiger partial charge in [0, 0.05) is 28.4 Å². The predicted octanol–water partition coefficient (Wildman–Crippen LogP) is 5.01. The highest BCUT2D eigenvalue weighted by molar-refractivity contribution is 7.09. The Morgan fingerprint density at radius 1 is 1.04 bits per heavy atom. The molecule has 0 aliphatic heterocycles. The SMILES string of the molecule is O=C(NCCc1ccccc1)c1csc(Cc2c(Cl)cccc2Cl)n1. The first kappa shape index (κ1) is 17.9. The fourth-order valence-electron chi connectivity index (χ4n) is 2.40. The monoisotopic (exact) mass is 390 g/mol. The Morgan fingerprint density at radius 2 is 1.76 bits per heavy atom. The van der Waals surface area contributed by atoms with Crippen molar-refractivity contribution in [2.75, 3.05) is 6.54 Å². The van der Waals surface area contributed by atoms with Gasteiger partial charge >= 0.3 is 0 Å². The van der Waals surface area contributed by atoms with E-state index in [0.29, 0.717) is 28.7 Å². The Kier molecular flexibility index (Phi) is 6.08. The normalized spacial score (nSPS) is 10.6. The van der Waals surface area contributed by atoms with Crippen molar-refractivity contribution in [1.82, 2.24) is 10.3 Å². The van der Waals surface area contributed by atoms with Crippen LogP contribution in [0.2, 0.25) is 10.0 Å². The van der Waals surface area contributed by atoms with Gasteiger partial charge in [-0.05, 0) is 29.7 Å². The summed E-state index contributed by atoms with van der Waals surface area (Å²) in [4.78, 5) is 16.6. The lowest BCUT2D eigenvalue weighted by molar-refractivity contribution is 0.0949. The van der Waals surface area contributed by atoms with Crippen molar-refractivity contribution in [1.29, 1.82) is 0 Å². The van der Waals surface area contributed by atoms with E-state index in [1.54, 1.807) is 17.5 Å². The van der Waals surface area contributed by atoms with Gasteiger partial charge in [0.1, 0.15) is 5.69 Å². The van der Waals surface area contributed by atoms with Crippen LogP contribution in [0.4, 0.5) is 0 Å². The van der Waals surface area contributed by atoms with Gasteiger partial charge in [0.05, 0.1) is 5.01 Å². The van der Waals surface area contributed by atoms with E-state index in [0.717, 1.165) is 17.0 Å². The van der Waals surface area contributed by atoms with Crippen LogP contribution in [0, 0.1) is 0 Å². The maximum Gasteiger partial charge on any atom is 0.270 e. The second-order valence-electron chi connectivity index (χ2n) is 5.49. The number of aromatic nitrogens is 1. The Labute approximate surface area is 160 Å². The molecule has 3 rings (SSSR count). The molecular formula is C19H16Cl2N2OS. The first-order valence-electron chi connectivity index (χ1n) is 7.83. The number of carbonyl (C=O) groups excluding carboxylic acids is 1. The van der Waals surface area contributed by atoms with Crippen LogP contribution >= 0.6 is 34.5 Å². The Morgan fingerprint density at radius 3 is 2.48 bits per heavy atom. The van der Waals surface area contributed by atoms with Crippen molar-refractivity contribution < 1.29 is 4.79 Å². The number of amides is 1. The van der Waals surface area contributed by atoms with Crippen LogP contribution in [-0.4, -0.2) is 17.4 Å². The molecule has 0 saturated heterocycles. The summed E-state index contributed by atoms with van der Waals surface area (Å²) in [6, 6.07) is 15.4. The number of hydrogen-bond acceptors (Lipinski definition) is 3. The molecule has 128 valence electrons. The van der Waals surface area contributed by atoms with Crippen molar-refractivity contribution in [3.63, 3.8) is 0 Å². The first-order valence-corrected chi connectivity index (χ1v) is 9.46. The molecule has 6 heteroatoms. The molecule has 0 fully saturated rings. The van der Waals surface area contributed by atoms with Gasteiger partial charge in [0.15, 0.2) is 0 Å². The number of carbonyl (C=O) groups is 1. The van der Waals surface area contributed by atoms with E-state index >= 15 is 0 Å². The third kappa shape index (κ3) is 4.82. The van der Waals surface area contributed by atoms with E-state index in [9.17, 15) is 4.79 Å². The van der Waals surface area contributed by atoms with Gasteiger partial charge < -0.3 is 5.32 Å². The molecule has 2 aromatic carbocycles. The van der Waals surface area contributed by atoms with Gasteiger partial charge in [-0.2, -0.15) is 0 Å². The summed E-state index contributed by atoms with van der Waals surface area (Å²) in [5, 5.41) is 6.69. The molecule has 0 saturated carbocycles. The largest absolute Gasteiger partial charge is 0.350 e. The minimum absolute atomic E-state index is 0.163. The average Bonchev–Trinajstić information content (AvgIpc) is 3.08.